The molecule has 2 aromatic carbocycles. The molecule has 0 aliphatic rings. The molecule has 0 aromatic heterocycles. The normalized spacial score (nSPS) is 11.2. The van der Waals surface area contributed by atoms with Gasteiger partial charge < -0.3 is 9.84 Å². The Balaban J connectivity index is 2.12. The molecule has 0 heterocycles. The monoisotopic (exact) mass is 282 g/mol. The highest BCUT2D eigenvalue weighted by Gasteiger charge is 2.04. The lowest BCUT2D eigenvalue weighted by Gasteiger charge is -2.09. The van der Waals surface area contributed by atoms with E-state index >= 15 is 0 Å². The highest BCUT2D eigenvalue weighted by Crippen LogP contribution is 2.23. The van der Waals surface area contributed by atoms with Gasteiger partial charge in [0.15, 0.2) is 0 Å². The van der Waals surface area contributed by atoms with Crippen LogP contribution in [-0.2, 0) is 11.4 Å². The third-order valence-corrected chi connectivity index (χ3v) is 3.13. The minimum absolute atomic E-state index is 0.494. The van der Waals surface area contributed by atoms with Gasteiger partial charge >= 0.3 is 5.97 Å². The van der Waals surface area contributed by atoms with Gasteiger partial charge in [-0.3, -0.25) is 0 Å². The Labute approximate surface area is 124 Å². The molecule has 1 N–H and O–H groups in total. The van der Waals surface area contributed by atoms with Crippen LogP contribution < -0.4 is 4.74 Å². The van der Waals surface area contributed by atoms with Gasteiger partial charge in [0.05, 0.1) is 0 Å². The first kappa shape index (κ1) is 14.9. The second-order valence-electron chi connectivity index (χ2n) is 4.66. The predicted molar refractivity (Wildman–Crippen MR) is 83.1 cm³/mol. The van der Waals surface area contributed by atoms with E-state index in [0.29, 0.717) is 13.0 Å². The summed E-state index contributed by atoms with van der Waals surface area (Å²) >= 11 is 0. The predicted octanol–water partition coefficient (Wildman–Crippen LogP) is 4.14. The first-order valence-corrected chi connectivity index (χ1v) is 6.89. The highest BCUT2D eigenvalue weighted by atomic mass is 16.5. The zero-order valence-corrected chi connectivity index (χ0v) is 12.0. The lowest BCUT2D eigenvalue weighted by Crippen LogP contribution is -1.96. The average molecular weight is 282 g/mol. The quantitative estimate of drug-likeness (QED) is 0.810. The molecule has 0 unspecified atom stereocenters. The number of hydrogen-bond acceptors (Lipinski definition) is 2. The van der Waals surface area contributed by atoms with Crippen molar-refractivity contribution >= 4 is 11.5 Å². The van der Waals surface area contributed by atoms with Crippen molar-refractivity contribution in [2.45, 2.75) is 20.0 Å². The SMILES string of the molecule is CC/C(=C/C(=O)O)c1cccc(OCc2ccccc2)c1. The number of carboxylic acid groups (broad SMARTS) is 1. The highest BCUT2D eigenvalue weighted by molar-refractivity contribution is 5.90. The number of carbonyl (C=O) groups is 1. The van der Waals surface area contributed by atoms with Crippen molar-refractivity contribution in [1.29, 1.82) is 0 Å². The van der Waals surface area contributed by atoms with Crippen LogP contribution >= 0.6 is 0 Å². The van der Waals surface area contributed by atoms with Crippen molar-refractivity contribution in [1.82, 2.24) is 0 Å². The molecule has 0 amide bonds. The fourth-order valence-electron chi connectivity index (χ4n) is 2.07. The van der Waals surface area contributed by atoms with E-state index in [4.69, 9.17) is 9.84 Å². The summed E-state index contributed by atoms with van der Waals surface area (Å²) in [4.78, 5) is 10.8. The molecule has 0 spiro atoms. The Kier molecular flexibility index (Phi) is 5.16. The molecule has 0 bridgehead atoms. The van der Waals surface area contributed by atoms with Crippen molar-refractivity contribution in [3.05, 3.63) is 71.8 Å². The maximum absolute atomic E-state index is 10.8. The Bertz CT molecular complexity index is 630. The number of rotatable bonds is 6. The molecule has 0 saturated carbocycles. The molecule has 0 radical (unpaired) electrons. The van der Waals surface area contributed by atoms with E-state index in [2.05, 4.69) is 0 Å². The molecule has 0 fully saturated rings. The van der Waals surface area contributed by atoms with E-state index in [-0.39, 0.29) is 0 Å². The van der Waals surface area contributed by atoms with E-state index < -0.39 is 5.97 Å². The van der Waals surface area contributed by atoms with Crippen LogP contribution in [0.2, 0.25) is 0 Å². The largest absolute Gasteiger partial charge is 0.489 e. The Morgan fingerprint density at radius 1 is 1.14 bits per heavy atom. The Hall–Kier alpha value is -2.55. The van der Waals surface area contributed by atoms with Crippen LogP contribution in [0, 0.1) is 0 Å². The topological polar surface area (TPSA) is 46.5 Å². The summed E-state index contributed by atoms with van der Waals surface area (Å²) < 4.78 is 5.76. The van der Waals surface area contributed by atoms with Crippen LogP contribution in [0.25, 0.3) is 5.57 Å². The molecule has 3 nitrogen and oxygen atoms in total. The molecule has 2 rings (SSSR count). The fourth-order valence-corrected chi connectivity index (χ4v) is 2.07. The summed E-state index contributed by atoms with van der Waals surface area (Å²) in [6.07, 6.45) is 1.91. The Morgan fingerprint density at radius 3 is 2.57 bits per heavy atom. The van der Waals surface area contributed by atoms with Crippen LogP contribution in [0.4, 0.5) is 0 Å². The fraction of sp³-hybridized carbons (Fsp3) is 0.167. The van der Waals surface area contributed by atoms with Gasteiger partial charge in [0.1, 0.15) is 12.4 Å². The van der Waals surface area contributed by atoms with E-state index in [1.807, 2.05) is 61.5 Å². The summed E-state index contributed by atoms with van der Waals surface area (Å²) in [5.41, 5.74) is 2.76. The molecular weight excluding hydrogens is 264 g/mol. The second kappa shape index (κ2) is 7.29. The van der Waals surface area contributed by atoms with E-state index in [9.17, 15) is 4.79 Å². The standard InChI is InChI=1S/C18H18O3/c1-2-15(12-18(19)20)16-9-6-10-17(11-16)21-13-14-7-4-3-5-8-14/h3-12H,2,13H2,1H3,(H,19,20)/b15-12-. The number of carboxylic acids is 1. The lowest BCUT2D eigenvalue weighted by atomic mass is 10.0. The molecule has 21 heavy (non-hydrogen) atoms. The Morgan fingerprint density at radius 2 is 1.90 bits per heavy atom. The number of allylic oxidation sites excluding steroid dienone is 1. The summed E-state index contributed by atoms with van der Waals surface area (Å²) in [5.74, 6) is -0.191. The summed E-state index contributed by atoms with van der Waals surface area (Å²) in [6.45, 7) is 2.43. The zero-order valence-electron chi connectivity index (χ0n) is 12.0. The van der Waals surface area contributed by atoms with Crippen molar-refractivity contribution in [3.8, 4) is 5.75 Å². The second-order valence-corrected chi connectivity index (χ2v) is 4.66. The molecule has 0 saturated heterocycles. The minimum Gasteiger partial charge on any atom is -0.489 e. The number of hydrogen-bond donors (Lipinski definition) is 1. The zero-order chi connectivity index (χ0) is 15.1. The van der Waals surface area contributed by atoms with Crippen LogP contribution in [-0.4, -0.2) is 11.1 Å². The number of ether oxygens (including phenoxy) is 1. The van der Waals surface area contributed by atoms with Crippen LogP contribution in [0.3, 0.4) is 0 Å². The van der Waals surface area contributed by atoms with Crippen LogP contribution in [0.5, 0.6) is 5.75 Å². The number of benzene rings is 2. The van der Waals surface area contributed by atoms with Crippen molar-refractivity contribution in [3.63, 3.8) is 0 Å². The van der Waals surface area contributed by atoms with Gasteiger partial charge in [0, 0.05) is 6.08 Å². The molecule has 0 atom stereocenters. The van der Waals surface area contributed by atoms with E-state index in [1.54, 1.807) is 0 Å². The van der Waals surface area contributed by atoms with Gasteiger partial charge in [0.2, 0.25) is 0 Å². The molecule has 0 aliphatic heterocycles. The van der Waals surface area contributed by atoms with Crippen LogP contribution in [0.15, 0.2) is 60.7 Å². The van der Waals surface area contributed by atoms with Gasteiger partial charge in [-0.15, -0.1) is 0 Å². The molecule has 3 heteroatoms. The van der Waals surface area contributed by atoms with Crippen molar-refractivity contribution in [2.24, 2.45) is 0 Å². The van der Waals surface area contributed by atoms with Crippen LogP contribution in [0.1, 0.15) is 24.5 Å². The van der Waals surface area contributed by atoms with E-state index in [1.165, 1.54) is 6.08 Å². The van der Waals surface area contributed by atoms with Crippen molar-refractivity contribution in [2.75, 3.05) is 0 Å². The van der Waals surface area contributed by atoms with Gasteiger partial charge in [-0.1, -0.05) is 49.4 Å². The average Bonchev–Trinajstić information content (AvgIpc) is 2.52. The summed E-state index contributed by atoms with van der Waals surface area (Å²) in [5, 5.41) is 8.89. The van der Waals surface area contributed by atoms with E-state index in [0.717, 1.165) is 22.4 Å². The molecular formula is C18H18O3. The summed E-state index contributed by atoms with van der Waals surface area (Å²) in [6, 6.07) is 17.4. The molecule has 0 aliphatic carbocycles. The van der Waals surface area contributed by atoms with Gasteiger partial charge in [-0.2, -0.15) is 0 Å². The van der Waals surface area contributed by atoms with Crippen molar-refractivity contribution < 1.29 is 14.6 Å². The number of aliphatic carboxylic acids is 1. The lowest BCUT2D eigenvalue weighted by molar-refractivity contribution is -0.131. The smallest absolute Gasteiger partial charge is 0.328 e. The third kappa shape index (κ3) is 4.49. The first-order chi connectivity index (χ1) is 10.2. The van der Waals surface area contributed by atoms with Gasteiger partial charge in [0.25, 0.3) is 0 Å². The third-order valence-electron chi connectivity index (χ3n) is 3.13. The molecule has 108 valence electrons. The maximum atomic E-state index is 10.8. The molecule has 2 aromatic rings. The minimum atomic E-state index is -0.928. The van der Waals surface area contributed by atoms with Gasteiger partial charge in [-0.05, 0) is 35.3 Å². The maximum Gasteiger partial charge on any atom is 0.328 e. The van der Waals surface area contributed by atoms with Gasteiger partial charge in [-0.25, -0.2) is 4.79 Å². The first-order valence-electron chi connectivity index (χ1n) is 6.89. The summed E-state index contributed by atoms with van der Waals surface area (Å²) in [7, 11) is 0.